The van der Waals surface area contributed by atoms with Gasteiger partial charge in [0, 0.05) is 11.7 Å². The second-order valence-corrected chi connectivity index (χ2v) is 4.72. The topological polar surface area (TPSA) is 84.2 Å². The zero-order chi connectivity index (χ0) is 14.0. The molecule has 1 atom stereocenters. The maximum absolute atomic E-state index is 13.5. The second-order valence-electron chi connectivity index (χ2n) is 4.72. The zero-order valence-electron chi connectivity index (χ0n) is 10.6. The molecule has 1 aliphatic carbocycles. The summed E-state index contributed by atoms with van der Waals surface area (Å²) in [6.45, 7) is 1.56. The fourth-order valence-corrected chi connectivity index (χ4v) is 1.61. The predicted octanol–water partition coefficient (Wildman–Crippen LogP) is 0.805. The molecular weight excluding hydrogens is 249 g/mol. The van der Waals surface area contributed by atoms with Crippen molar-refractivity contribution in [1.29, 1.82) is 0 Å². The van der Waals surface area contributed by atoms with Crippen LogP contribution in [0.5, 0.6) is 0 Å². The summed E-state index contributed by atoms with van der Waals surface area (Å²) in [7, 11) is 0. The third-order valence-corrected chi connectivity index (χ3v) is 2.90. The van der Waals surface area contributed by atoms with Gasteiger partial charge in [-0.05, 0) is 38.0 Å². The van der Waals surface area contributed by atoms with Gasteiger partial charge in [-0.1, -0.05) is 0 Å². The quantitative estimate of drug-likeness (QED) is 0.704. The Morgan fingerprint density at radius 2 is 2.11 bits per heavy atom. The summed E-state index contributed by atoms with van der Waals surface area (Å²) >= 11 is 0. The molecular formula is C13H16FN3O2. The van der Waals surface area contributed by atoms with Gasteiger partial charge in [-0.2, -0.15) is 0 Å². The molecule has 1 aromatic carbocycles. The number of hydrogen-bond acceptors (Lipinski definition) is 3. The van der Waals surface area contributed by atoms with E-state index in [4.69, 9.17) is 5.73 Å². The van der Waals surface area contributed by atoms with E-state index in [-0.39, 0.29) is 17.5 Å². The third-order valence-electron chi connectivity index (χ3n) is 2.90. The Balaban J connectivity index is 1.99. The van der Waals surface area contributed by atoms with Gasteiger partial charge in [0.15, 0.2) is 0 Å². The molecule has 0 spiro atoms. The molecule has 0 aromatic heterocycles. The van der Waals surface area contributed by atoms with Crippen LogP contribution in [-0.2, 0) is 4.79 Å². The molecule has 19 heavy (non-hydrogen) atoms. The van der Waals surface area contributed by atoms with E-state index < -0.39 is 17.8 Å². The van der Waals surface area contributed by atoms with Gasteiger partial charge in [-0.15, -0.1) is 0 Å². The zero-order valence-corrected chi connectivity index (χ0v) is 10.6. The van der Waals surface area contributed by atoms with Crippen molar-refractivity contribution >= 4 is 17.5 Å². The van der Waals surface area contributed by atoms with Gasteiger partial charge in [-0.25, -0.2) is 4.39 Å². The Bertz CT molecular complexity index is 515. The van der Waals surface area contributed by atoms with Gasteiger partial charge in [0.2, 0.25) is 5.91 Å². The lowest BCUT2D eigenvalue weighted by Gasteiger charge is -2.14. The summed E-state index contributed by atoms with van der Waals surface area (Å²) < 4.78 is 13.5. The predicted molar refractivity (Wildman–Crippen MR) is 68.9 cm³/mol. The number of halogens is 1. The van der Waals surface area contributed by atoms with Crippen molar-refractivity contribution in [2.24, 2.45) is 0 Å². The van der Waals surface area contributed by atoms with Gasteiger partial charge in [0.1, 0.15) is 11.9 Å². The summed E-state index contributed by atoms with van der Waals surface area (Å²) in [4.78, 5) is 23.5. The van der Waals surface area contributed by atoms with Gasteiger partial charge >= 0.3 is 0 Å². The molecule has 2 rings (SSSR count). The van der Waals surface area contributed by atoms with Crippen LogP contribution < -0.4 is 16.4 Å². The van der Waals surface area contributed by atoms with E-state index >= 15 is 0 Å². The Kier molecular flexibility index (Phi) is 3.69. The molecule has 2 amide bonds. The number of benzene rings is 1. The number of amides is 2. The van der Waals surface area contributed by atoms with Crippen molar-refractivity contribution in [3.05, 3.63) is 29.6 Å². The number of nitrogen functional groups attached to an aromatic ring is 1. The van der Waals surface area contributed by atoms with Gasteiger partial charge < -0.3 is 16.4 Å². The Morgan fingerprint density at radius 3 is 2.74 bits per heavy atom. The van der Waals surface area contributed by atoms with Crippen LogP contribution >= 0.6 is 0 Å². The van der Waals surface area contributed by atoms with Crippen molar-refractivity contribution in [3.63, 3.8) is 0 Å². The maximum Gasteiger partial charge on any atom is 0.254 e. The number of carbonyl (C=O) groups is 2. The normalized spacial score (nSPS) is 15.7. The SMILES string of the molecule is CC(NC(=O)c1cc(N)ccc1F)C(=O)NC1CC1. The number of rotatable bonds is 4. The summed E-state index contributed by atoms with van der Waals surface area (Å²) in [5.74, 6) is -1.58. The van der Waals surface area contributed by atoms with Crippen molar-refractivity contribution in [1.82, 2.24) is 10.6 Å². The van der Waals surface area contributed by atoms with Gasteiger partial charge in [-0.3, -0.25) is 9.59 Å². The number of anilines is 1. The molecule has 1 aromatic rings. The van der Waals surface area contributed by atoms with Crippen LogP contribution in [0.3, 0.4) is 0 Å². The summed E-state index contributed by atoms with van der Waals surface area (Å²) in [6, 6.07) is 3.25. The Morgan fingerprint density at radius 1 is 1.42 bits per heavy atom. The first-order valence-corrected chi connectivity index (χ1v) is 6.13. The van der Waals surface area contributed by atoms with E-state index in [9.17, 15) is 14.0 Å². The second kappa shape index (κ2) is 5.26. The minimum atomic E-state index is -0.714. The molecule has 1 saturated carbocycles. The van der Waals surface area contributed by atoms with Gasteiger partial charge in [0.25, 0.3) is 5.91 Å². The summed E-state index contributed by atoms with van der Waals surface area (Å²) in [5.41, 5.74) is 5.64. The number of nitrogens with one attached hydrogen (secondary N) is 2. The highest BCUT2D eigenvalue weighted by Gasteiger charge is 2.26. The van der Waals surface area contributed by atoms with E-state index in [2.05, 4.69) is 10.6 Å². The largest absolute Gasteiger partial charge is 0.399 e. The van der Waals surface area contributed by atoms with E-state index in [0.717, 1.165) is 18.9 Å². The molecule has 0 bridgehead atoms. The van der Waals surface area contributed by atoms with Crippen LogP contribution in [-0.4, -0.2) is 23.9 Å². The molecule has 1 fully saturated rings. The highest BCUT2D eigenvalue weighted by molar-refractivity contribution is 5.98. The Hall–Kier alpha value is -2.11. The van der Waals surface area contributed by atoms with Gasteiger partial charge in [0.05, 0.1) is 5.56 Å². The first-order chi connectivity index (χ1) is 8.97. The van der Waals surface area contributed by atoms with Crippen molar-refractivity contribution in [3.8, 4) is 0 Å². The van der Waals surface area contributed by atoms with Crippen molar-refractivity contribution < 1.29 is 14.0 Å². The lowest BCUT2D eigenvalue weighted by molar-refractivity contribution is -0.122. The number of carbonyl (C=O) groups excluding carboxylic acids is 2. The minimum absolute atomic E-state index is 0.161. The molecule has 1 aliphatic rings. The van der Waals surface area contributed by atoms with E-state index in [1.54, 1.807) is 6.92 Å². The Labute approximate surface area is 110 Å². The van der Waals surface area contributed by atoms with Crippen LogP contribution in [0.1, 0.15) is 30.1 Å². The highest BCUT2D eigenvalue weighted by atomic mass is 19.1. The van der Waals surface area contributed by atoms with Crippen LogP contribution in [0.25, 0.3) is 0 Å². The lowest BCUT2D eigenvalue weighted by atomic mass is 10.1. The smallest absolute Gasteiger partial charge is 0.254 e. The molecule has 0 saturated heterocycles. The van der Waals surface area contributed by atoms with Crippen LogP contribution in [0.2, 0.25) is 0 Å². The number of nitrogens with two attached hydrogens (primary N) is 1. The number of hydrogen-bond donors (Lipinski definition) is 3. The molecule has 1 unspecified atom stereocenters. The average molecular weight is 265 g/mol. The highest BCUT2D eigenvalue weighted by Crippen LogP contribution is 2.18. The first kappa shape index (κ1) is 13.3. The average Bonchev–Trinajstić information content (AvgIpc) is 3.15. The minimum Gasteiger partial charge on any atom is -0.399 e. The molecule has 6 heteroatoms. The standard InChI is InChI=1S/C13H16FN3O2/c1-7(12(18)17-9-3-4-9)16-13(19)10-6-8(15)2-5-11(10)14/h2,5-7,9H,3-4,15H2,1H3,(H,16,19)(H,17,18). The molecule has 102 valence electrons. The van der Waals surface area contributed by atoms with E-state index in [0.29, 0.717) is 5.69 Å². The molecule has 4 N–H and O–H groups in total. The fourth-order valence-electron chi connectivity index (χ4n) is 1.61. The van der Waals surface area contributed by atoms with Crippen molar-refractivity contribution in [2.75, 3.05) is 5.73 Å². The molecule has 0 aliphatic heterocycles. The molecule has 5 nitrogen and oxygen atoms in total. The summed E-state index contributed by atoms with van der Waals surface area (Å²) in [6.07, 6.45) is 1.94. The van der Waals surface area contributed by atoms with E-state index in [1.807, 2.05) is 0 Å². The van der Waals surface area contributed by atoms with Crippen LogP contribution in [0.15, 0.2) is 18.2 Å². The first-order valence-electron chi connectivity index (χ1n) is 6.13. The third kappa shape index (κ3) is 3.43. The molecule has 0 heterocycles. The van der Waals surface area contributed by atoms with Crippen LogP contribution in [0, 0.1) is 5.82 Å². The monoisotopic (exact) mass is 265 g/mol. The van der Waals surface area contributed by atoms with E-state index in [1.165, 1.54) is 12.1 Å². The lowest BCUT2D eigenvalue weighted by Crippen LogP contribution is -2.45. The maximum atomic E-state index is 13.5. The summed E-state index contributed by atoms with van der Waals surface area (Å²) in [5, 5.41) is 5.21. The van der Waals surface area contributed by atoms with Crippen molar-refractivity contribution in [2.45, 2.75) is 31.8 Å². The van der Waals surface area contributed by atoms with Crippen LogP contribution in [0.4, 0.5) is 10.1 Å². The molecule has 0 radical (unpaired) electrons. The fraction of sp³-hybridized carbons (Fsp3) is 0.385.